The highest BCUT2D eigenvalue weighted by Crippen LogP contribution is 2.36. The van der Waals surface area contributed by atoms with Crippen molar-refractivity contribution in [2.45, 2.75) is 39.2 Å². The molecule has 0 bridgehead atoms. The summed E-state index contributed by atoms with van der Waals surface area (Å²) >= 11 is 9.58. The number of terminal acetylenes is 3. The molecule has 0 aliphatic heterocycles. The van der Waals surface area contributed by atoms with E-state index in [4.69, 9.17) is 33.5 Å². The Bertz CT molecular complexity index is 959. The van der Waals surface area contributed by atoms with Crippen LogP contribution in [0.15, 0.2) is 0 Å². The summed E-state index contributed by atoms with van der Waals surface area (Å²) in [5.41, 5.74) is 4.16. The van der Waals surface area contributed by atoms with E-state index >= 15 is 0 Å². The predicted octanol–water partition coefficient (Wildman–Crippen LogP) is 3.42. The molecular weight excluding hydrogens is 700 g/mol. The number of benzene rings is 1. The minimum Gasteiger partial charge on any atom is -0.377 e. The van der Waals surface area contributed by atoms with Crippen LogP contribution >= 0.6 is 47.8 Å². The third-order valence-corrected chi connectivity index (χ3v) is 7.11. The van der Waals surface area contributed by atoms with Crippen LogP contribution in [0.2, 0.25) is 0 Å². The van der Waals surface area contributed by atoms with E-state index in [-0.39, 0.29) is 92.6 Å². The zero-order valence-corrected chi connectivity index (χ0v) is 26.3. The fourth-order valence-corrected chi connectivity index (χ4v) is 4.36. The van der Waals surface area contributed by atoms with Gasteiger partial charge in [0.1, 0.15) is 25.6 Å². The monoisotopic (exact) mass is 728 g/mol. The summed E-state index contributed by atoms with van der Waals surface area (Å²) in [6, 6.07) is 0. The van der Waals surface area contributed by atoms with Crippen molar-refractivity contribution in [3.05, 3.63) is 27.8 Å². The number of anilines is 1. The fourth-order valence-electron chi connectivity index (χ4n) is 3.69. The van der Waals surface area contributed by atoms with Crippen LogP contribution in [0.4, 0.5) is 5.69 Å². The van der Waals surface area contributed by atoms with Crippen molar-refractivity contribution in [2.75, 3.05) is 47.7 Å². The van der Waals surface area contributed by atoms with E-state index in [0.29, 0.717) is 28.8 Å². The number of amides is 1. The summed E-state index contributed by atoms with van der Waals surface area (Å²) in [6.07, 6.45) is 16.8. The van der Waals surface area contributed by atoms with Gasteiger partial charge in [-0.15, -0.1) is 19.3 Å². The minimum absolute atomic E-state index is 0.000494. The lowest BCUT2D eigenvalue weighted by atomic mass is 9.87. The third kappa shape index (κ3) is 12.3. The average Bonchev–Trinajstić information content (AvgIpc) is 2.95. The van der Waals surface area contributed by atoms with Crippen molar-refractivity contribution in [3.8, 4) is 37.0 Å². The van der Waals surface area contributed by atoms with Crippen LogP contribution in [0.3, 0.4) is 0 Å². The first-order valence-corrected chi connectivity index (χ1v) is 15.2. The molecule has 1 rings (SSSR count). The second-order valence-corrected chi connectivity index (χ2v) is 9.65. The molecule has 0 aliphatic rings. The Kier molecular flexibility index (Phi) is 18.5. The lowest BCUT2D eigenvalue weighted by Crippen LogP contribution is -2.27. The van der Waals surface area contributed by atoms with E-state index in [0.717, 1.165) is 11.1 Å². The molecule has 0 aromatic heterocycles. The van der Waals surface area contributed by atoms with Gasteiger partial charge in [-0.1, -0.05) is 65.6 Å². The SMILES string of the molecule is C#CCOCc1c(CCC(=O)CBr)c(COCC#C)c(NCC(=O)CBr)c(COCC#C)c1CNC(=O)CBr. The van der Waals surface area contributed by atoms with Gasteiger partial charge in [-0.25, -0.2) is 0 Å². The second-order valence-electron chi connectivity index (χ2n) is 7.97. The molecule has 11 heteroatoms. The molecule has 1 amide bonds. The maximum atomic E-state index is 12.3. The normalized spacial score (nSPS) is 10.3. The molecular formula is C28H31Br3N2O6. The molecule has 0 fully saturated rings. The molecule has 210 valence electrons. The summed E-state index contributed by atoms with van der Waals surface area (Å²) in [5, 5.41) is 6.58. The van der Waals surface area contributed by atoms with Gasteiger partial charge >= 0.3 is 0 Å². The molecule has 0 saturated heterocycles. The van der Waals surface area contributed by atoms with Gasteiger partial charge in [0.05, 0.1) is 42.4 Å². The van der Waals surface area contributed by atoms with Gasteiger partial charge in [0.2, 0.25) is 5.91 Å². The standard InChI is InChI=1S/C28H31Br3N2O6/c1-4-9-37-17-24-22(8-7-20(34)12-29)25(18-38-10-5-2)28(33-15-21(35)13-30)26(19-39-11-6-3)23(24)16-32-27(36)14-31/h1-3,33H,7-19H2,(H,32,36). The minimum atomic E-state index is -0.234. The van der Waals surface area contributed by atoms with Crippen molar-refractivity contribution < 1.29 is 28.6 Å². The summed E-state index contributed by atoms with van der Waals surface area (Å²) in [6.45, 7) is 0.541. The van der Waals surface area contributed by atoms with Crippen LogP contribution in [0.5, 0.6) is 0 Å². The number of nitrogens with one attached hydrogen (secondary N) is 2. The maximum absolute atomic E-state index is 12.3. The van der Waals surface area contributed by atoms with Crippen molar-refractivity contribution in [1.29, 1.82) is 0 Å². The quantitative estimate of drug-likeness (QED) is 0.121. The Morgan fingerprint density at radius 3 is 1.69 bits per heavy atom. The van der Waals surface area contributed by atoms with Gasteiger partial charge in [0, 0.05) is 29.8 Å². The molecule has 1 aromatic rings. The molecule has 2 N–H and O–H groups in total. The Morgan fingerprint density at radius 2 is 1.21 bits per heavy atom. The van der Waals surface area contributed by atoms with Gasteiger partial charge in [-0.3, -0.25) is 14.4 Å². The molecule has 0 aliphatic carbocycles. The van der Waals surface area contributed by atoms with Crippen LogP contribution in [-0.2, 0) is 61.4 Å². The number of carbonyl (C=O) groups is 3. The van der Waals surface area contributed by atoms with E-state index < -0.39 is 0 Å². The zero-order chi connectivity index (χ0) is 29.0. The molecule has 0 radical (unpaired) electrons. The number of ether oxygens (including phenoxy) is 3. The summed E-state index contributed by atoms with van der Waals surface area (Å²) < 4.78 is 17.2. The largest absolute Gasteiger partial charge is 0.377 e. The first-order valence-electron chi connectivity index (χ1n) is 11.8. The molecule has 0 saturated carbocycles. The van der Waals surface area contributed by atoms with Crippen molar-refractivity contribution in [2.24, 2.45) is 0 Å². The lowest BCUT2D eigenvalue weighted by Gasteiger charge is -2.27. The summed E-state index contributed by atoms with van der Waals surface area (Å²) in [4.78, 5) is 36.8. The Hall–Kier alpha value is -2.17. The lowest BCUT2D eigenvalue weighted by molar-refractivity contribution is -0.118. The number of alkyl halides is 3. The van der Waals surface area contributed by atoms with Crippen LogP contribution < -0.4 is 10.6 Å². The molecule has 1 aromatic carbocycles. The number of Topliss-reactive ketones (excluding diaryl/α,β-unsaturated/α-hetero) is 2. The number of carbonyl (C=O) groups excluding carboxylic acids is 3. The Balaban J connectivity index is 3.99. The highest BCUT2D eigenvalue weighted by atomic mass is 79.9. The van der Waals surface area contributed by atoms with Crippen LogP contribution in [0, 0.1) is 37.0 Å². The number of hydrogen-bond acceptors (Lipinski definition) is 7. The highest BCUT2D eigenvalue weighted by Gasteiger charge is 2.25. The van der Waals surface area contributed by atoms with E-state index in [9.17, 15) is 14.4 Å². The number of halogens is 3. The predicted molar refractivity (Wildman–Crippen MR) is 162 cm³/mol. The number of rotatable bonds is 20. The van der Waals surface area contributed by atoms with Gasteiger partial charge < -0.3 is 24.8 Å². The first-order chi connectivity index (χ1) is 18.9. The van der Waals surface area contributed by atoms with E-state index in [1.54, 1.807) is 0 Å². The Labute approximate surface area is 255 Å². The van der Waals surface area contributed by atoms with Gasteiger partial charge in [0.25, 0.3) is 0 Å². The van der Waals surface area contributed by atoms with Crippen molar-refractivity contribution in [3.63, 3.8) is 0 Å². The smallest absolute Gasteiger partial charge is 0.230 e. The summed E-state index contributed by atoms with van der Waals surface area (Å²) in [5.74, 6) is 7.02. The molecule has 0 unspecified atom stereocenters. The van der Waals surface area contributed by atoms with Gasteiger partial charge in [0.15, 0.2) is 5.78 Å². The van der Waals surface area contributed by atoms with Crippen molar-refractivity contribution in [1.82, 2.24) is 5.32 Å². The average molecular weight is 731 g/mol. The zero-order valence-electron chi connectivity index (χ0n) is 21.5. The molecule has 0 heterocycles. The summed E-state index contributed by atoms with van der Waals surface area (Å²) in [7, 11) is 0. The van der Waals surface area contributed by atoms with Crippen LogP contribution in [0.1, 0.15) is 34.2 Å². The molecule has 39 heavy (non-hydrogen) atoms. The molecule has 0 atom stereocenters. The van der Waals surface area contributed by atoms with Gasteiger partial charge in [-0.2, -0.15) is 0 Å². The fraction of sp³-hybridized carbons (Fsp3) is 0.464. The molecule has 0 spiro atoms. The van der Waals surface area contributed by atoms with E-state index in [1.165, 1.54) is 0 Å². The van der Waals surface area contributed by atoms with E-state index in [2.05, 4.69) is 76.2 Å². The highest BCUT2D eigenvalue weighted by molar-refractivity contribution is 9.09. The van der Waals surface area contributed by atoms with Crippen LogP contribution in [0.25, 0.3) is 0 Å². The number of hydrogen-bond donors (Lipinski definition) is 2. The topological polar surface area (TPSA) is 103 Å². The second kappa shape index (κ2) is 20.7. The van der Waals surface area contributed by atoms with Gasteiger partial charge in [-0.05, 0) is 23.1 Å². The van der Waals surface area contributed by atoms with Crippen molar-refractivity contribution >= 4 is 71.0 Å². The van der Waals surface area contributed by atoms with E-state index in [1.807, 2.05) is 0 Å². The first kappa shape index (κ1) is 34.9. The molecule has 8 nitrogen and oxygen atoms in total. The van der Waals surface area contributed by atoms with Crippen LogP contribution in [-0.4, -0.2) is 59.8 Å². The maximum Gasteiger partial charge on any atom is 0.230 e. The Morgan fingerprint density at radius 1 is 0.692 bits per heavy atom. The number of ketones is 2. The third-order valence-electron chi connectivity index (χ3n) is 5.35.